The van der Waals surface area contributed by atoms with Crippen molar-refractivity contribution in [1.29, 1.82) is 0 Å². The van der Waals surface area contributed by atoms with Crippen molar-refractivity contribution >= 4 is 65.7 Å². The van der Waals surface area contributed by atoms with Gasteiger partial charge in [0, 0.05) is 64.7 Å². The van der Waals surface area contributed by atoms with Crippen LogP contribution < -0.4 is 32.3 Å². The zero-order chi connectivity index (χ0) is 59.2. The van der Waals surface area contributed by atoms with Gasteiger partial charge >= 0.3 is 17.9 Å². The number of nitrogens with one attached hydrogen (secondary N) is 5. The van der Waals surface area contributed by atoms with E-state index in [2.05, 4.69) is 26.6 Å². The summed E-state index contributed by atoms with van der Waals surface area (Å²) in [5.41, 5.74) is 5.30. The summed E-state index contributed by atoms with van der Waals surface area (Å²) in [6.07, 6.45) is 19.4. The summed E-state index contributed by atoms with van der Waals surface area (Å²) < 4.78 is 21.4. The van der Waals surface area contributed by atoms with Crippen LogP contribution >= 0.6 is 0 Å². The first-order valence-electron chi connectivity index (χ1n) is 28.9. The molecule has 1 rings (SSSR count). The number of unbranched alkanes of at least 4 members (excludes halogenated alkanes) is 15. The number of carbonyl (C=O) groups excluding carboxylic acids is 8. The Morgan fingerprint density at radius 1 is 0.537 bits per heavy atom. The van der Waals surface area contributed by atoms with Crippen LogP contribution in [0.5, 0.6) is 0 Å². The third-order valence-electron chi connectivity index (χ3n) is 13.7. The number of rotatable bonds is 52. The molecule has 0 heterocycles. The van der Waals surface area contributed by atoms with Crippen LogP contribution in [0.3, 0.4) is 0 Å². The molecule has 8 amide bonds. The van der Waals surface area contributed by atoms with E-state index in [1.165, 1.54) is 71.3 Å². The number of ether oxygens (including phenoxy) is 4. The van der Waals surface area contributed by atoms with Crippen molar-refractivity contribution in [3.8, 4) is 0 Å². The molecule has 1 saturated carbocycles. The summed E-state index contributed by atoms with van der Waals surface area (Å²) in [5.74, 6) is -6.93. The summed E-state index contributed by atoms with van der Waals surface area (Å²) in [6, 6.07) is -2.62. The number of imide groups is 1. The summed E-state index contributed by atoms with van der Waals surface area (Å²) in [5, 5.41) is 41.0. The zero-order valence-corrected chi connectivity index (χ0v) is 47.3. The highest BCUT2D eigenvalue weighted by Crippen LogP contribution is 2.29. The number of carboxylic acids is 3. The van der Waals surface area contributed by atoms with Crippen LogP contribution in [-0.2, 0) is 71.7 Å². The first-order chi connectivity index (χ1) is 38.4. The Bertz CT molecular complexity index is 1840. The van der Waals surface area contributed by atoms with E-state index in [0.29, 0.717) is 45.1 Å². The van der Waals surface area contributed by atoms with Gasteiger partial charge in [0.1, 0.15) is 24.8 Å². The van der Waals surface area contributed by atoms with Crippen molar-refractivity contribution < 1.29 is 87.0 Å². The van der Waals surface area contributed by atoms with E-state index < -0.39 is 83.9 Å². The van der Waals surface area contributed by atoms with Gasteiger partial charge in [-0.2, -0.15) is 0 Å². The smallest absolute Gasteiger partial charge is 0.326 e. The number of primary amides is 1. The van der Waals surface area contributed by atoms with Crippen molar-refractivity contribution in [2.45, 2.75) is 198 Å². The molecule has 0 bridgehead atoms. The average Bonchev–Trinajstić information content (AvgIpc) is 3.43. The molecule has 1 aliphatic carbocycles. The molecule has 25 nitrogen and oxygen atoms in total. The van der Waals surface area contributed by atoms with E-state index in [-0.39, 0.29) is 110 Å². The van der Waals surface area contributed by atoms with Crippen LogP contribution in [0.1, 0.15) is 180 Å². The minimum atomic E-state index is -1.38. The van der Waals surface area contributed by atoms with Crippen LogP contribution in [-0.4, -0.2) is 177 Å². The molecule has 1 unspecified atom stereocenters. The Hall–Kier alpha value is -5.79. The fourth-order valence-corrected chi connectivity index (χ4v) is 8.85. The van der Waals surface area contributed by atoms with Gasteiger partial charge in [-0.05, 0) is 63.7 Å². The molecule has 25 heteroatoms. The first-order valence-corrected chi connectivity index (χ1v) is 28.9. The molecule has 3 atom stereocenters. The predicted molar refractivity (Wildman–Crippen MR) is 292 cm³/mol. The predicted octanol–water partition coefficient (Wildman–Crippen LogP) is 3.26. The van der Waals surface area contributed by atoms with Crippen molar-refractivity contribution in [3.63, 3.8) is 0 Å². The van der Waals surface area contributed by atoms with Crippen molar-refractivity contribution in [2.24, 2.45) is 17.6 Å². The Kier molecular flexibility index (Phi) is 42.3. The lowest BCUT2D eigenvalue weighted by molar-refractivity contribution is -0.143. The second-order valence-corrected chi connectivity index (χ2v) is 20.4. The number of carbonyl (C=O) groups is 11. The lowest BCUT2D eigenvalue weighted by Gasteiger charge is -2.28. The Morgan fingerprint density at radius 3 is 1.59 bits per heavy atom. The normalized spacial score (nSPS) is 15.1. The topological polar surface area (TPSA) is 375 Å². The second-order valence-electron chi connectivity index (χ2n) is 20.4. The molecule has 0 aromatic carbocycles. The molecule has 1 aliphatic rings. The van der Waals surface area contributed by atoms with E-state index in [9.17, 15) is 63.0 Å². The van der Waals surface area contributed by atoms with Crippen LogP contribution in [0.25, 0.3) is 0 Å². The number of nitrogens with two attached hydrogens (primary N) is 1. The van der Waals surface area contributed by atoms with Crippen LogP contribution in [0.4, 0.5) is 0 Å². The zero-order valence-electron chi connectivity index (χ0n) is 47.3. The summed E-state index contributed by atoms with van der Waals surface area (Å²) in [7, 11) is 1.29. The molecule has 0 spiro atoms. The maximum absolute atomic E-state index is 13.1. The molecule has 10 N–H and O–H groups in total. The molecule has 80 heavy (non-hydrogen) atoms. The van der Waals surface area contributed by atoms with Gasteiger partial charge in [-0.3, -0.25) is 52.8 Å². The SMILES string of the molecule is CN(C=O)C(=O)CC[C@H](OCCOCCNC(=O)COCCOCCNC(=O)C(CCC(=O)O)NC(=O)CC[C@H](NC(=O)[C@H]1CC[C@H](CNC(=O)CCCCCCCCCCCCCCCCCCC(=O)O)CC1)C(=O)O)C(N)=O. The van der Waals surface area contributed by atoms with E-state index >= 15 is 0 Å². The first kappa shape index (κ1) is 72.2. The Labute approximate surface area is 471 Å². The van der Waals surface area contributed by atoms with E-state index in [0.717, 1.165) is 43.4 Å². The van der Waals surface area contributed by atoms with Crippen LogP contribution in [0.2, 0.25) is 0 Å². The summed E-state index contributed by atoms with van der Waals surface area (Å²) >= 11 is 0. The molecule has 0 aromatic heterocycles. The third kappa shape index (κ3) is 39.6. The number of aliphatic carboxylic acids is 3. The van der Waals surface area contributed by atoms with Gasteiger partial charge in [0.2, 0.25) is 47.8 Å². The van der Waals surface area contributed by atoms with Gasteiger partial charge in [0.05, 0.1) is 39.6 Å². The van der Waals surface area contributed by atoms with Gasteiger partial charge in [-0.1, -0.05) is 89.9 Å². The minimum Gasteiger partial charge on any atom is -0.481 e. The maximum atomic E-state index is 13.1. The second kappa shape index (κ2) is 46.9. The quantitative estimate of drug-likeness (QED) is 0.0312. The van der Waals surface area contributed by atoms with Gasteiger partial charge in [-0.15, -0.1) is 0 Å². The average molecular weight is 1140 g/mol. The molecular weight excluding hydrogens is 1050 g/mol. The Morgan fingerprint density at radius 2 is 1.05 bits per heavy atom. The third-order valence-corrected chi connectivity index (χ3v) is 13.7. The number of carboxylic acid groups (broad SMARTS) is 3. The highest BCUT2D eigenvalue weighted by molar-refractivity contribution is 5.89. The largest absolute Gasteiger partial charge is 0.481 e. The lowest BCUT2D eigenvalue weighted by atomic mass is 9.81. The molecule has 0 radical (unpaired) electrons. The molecular formula is C55H95N7O18. The van der Waals surface area contributed by atoms with Crippen molar-refractivity contribution in [1.82, 2.24) is 31.5 Å². The molecule has 458 valence electrons. The highest BCUT2D eigenvalue weighted by atomic mass is 16.5. The lowest BCUT2D eigenvalue weighted by Crippen LogP contribution is -2.48. The molecule has 0 aliphatic heterocycles. The minimum absolute atomic E-state index is 0.00181. The van der Waals surface area contributed by atoms with Gasteiger partial charge in [0.25, 0.3) is 0 Å². The van der Waals surface area contributed by atoms with Gasteiger partial charge in [0.15, 0.2) is 0 Å². The molecule has 0 saturated heterocycles. The van der Waals surface area contributed by atoms with Crippen molar-refractivity contribution in [3.05, 3.63) is 0 Å². The van der Waals surface area contributed by atoms with Crippen LogP contribution in [0.15, 0.2) is 0 Å². The fourth-order valence-electron chi connectivity index (χ4n) is 8.85. The maximum Gasteiger partial charge on any atom is 0.326 e. The highest BCUT2D eigenvalue weighted by Gasteiger charge is 2.31. The summed E-state index contributed by atoms with van der Waals surface area (Å²) in [6.45, 7) is 0.717. The molecule has 1 fully saturated rings. The summed E-state index contributed by atoms with van der Waals surface area (Å²) in [4.78, 5) is 132. The molecule has 0 aromatic rings. The number of nitrogens with zero attached hydrogens (tertiary/aromatic N) is 1. The van der Waals surface area contributed by atoms with Gasteiger partial charge < -0.3 is 66.6 Å². The number of amides is 8. The van der Waals surface area contributed by atoms with Crippen LogP contribution in [0, 0.1) is 11.8 Å². The van der Waals surface area contributed by atoms with E-state index in [1.54, 1.807) is 0 Å². The monoisotopic (exact) mass is 1140 g/mol. The standard InChI is InChI=1S/C55H95N7O18/c1-62(40-63)49(67)28-26-45(52(56)72)80-37-36-78-32-30-57-48(66)39-79-35-34-77-33-31-58-54(74)43(25-29-51(70)71)60-47(65)27-24-44(55(75)76)61-53(73)42-22-20-41(21-23-42)38-59-46(64)18-16-14-12-10-8-6-4-2-3-5-7-9-11-13-15-17-19-50(68)69/h40-45H,2-39H2,1H3,(H2,56,72)(H,57,66)(H,58,74)(H,59,64)(H,60,65)(H,61,73)(H,68,69)(H,70,71)(H,75,76)/t41-,42-,43?,44-,45-/m0/s1. The fraction of sp³-hybridized carbons (Fsp3) is 0.800. The van der Waals surface area contributed by atoms with Gasteiger partial charge in [-0.25, -0.2) is 4.79 Å². The number of hydrogen-bond donors (Lipinski definition) is 9. The Balaban J connectivity index is 2.22. The van der Waals surface area contributed by atoms with E-state index in [1.807, 2.05) is 0 Å². The number of hydrogen-bond acceptors (Lipinski definition) is 15. The van der Waals surface area contributed by atoms with E-state index in [4.69, 9.17) is 29.8 Å². The van der Waals surface area contributed by atoms with Crippen molar-refractivity contribution in [2.75, 3.05) is 72.9 Å².